The highest BCUT2D eigenvalue weighted by atomic mass is 32.2. The van der Waals surface area contributed by atoms with Crippen LogP contribution in [0.15, 0.2) is 12.1 Å². The second-order valence-electron chi connectivity index (χ2n) is 5.39. The molecule has 3 rings (SSSR count). The van der Waals surface area contributed by atoms with Crippen LogP contribution in [0.25, 0.3) is 9.40 Å². The van der Waals surface area contributed by atoms with E-state index in [0.29, 0.717) is 0 Å². The number of hydrogen-bond acceptors (Lipinski definition) is 3. The van der Waals surface area contributed by atoms with Crippen molar-refractivity contribution in [3.63, 3.8) is 0 Å². The minimum Gasteiger partial charge on any atom is -0.338 e. The standard InChI is InChI=1S/C15H19NOS2/c1-3-12-8-11-9-13(19-15(11)18-12)14(17)16-6-4-10(2)5-7-16/h8-10H,3-7H2,1-2H3. The Balaban J connectivity index is 1.79. The molecule has 1 fully saturated rings. The first-order valence-corrected chi connectivity index (χ1v) is 8.62. The van der Waals surface area contributed by atoms with Crippen LogP contribution in [0.3, 0.4) is 0 Å². The molecule has 102 valence electrons. The summed E-state index contributed by atoms with van der Waals surface area (Å²) in [7, 11) is 0. The van der Waals surface area contributed by atoms with Crippen LogP contribution >= 0.6 is 22.7 Å². The van der Waals surface area contributed by atoms with Gasteiger partial charge >= 0.3 is 0 Å². The van der Waals surface area contributed by atoms with E-state index < -0.39 is 0 Å². The van der Waals surface area contributed by atoms with Crippen molar-refractivity contribution in [3.05, 3.63) is 21.9 Å². The highest BCUT2D eigenvalue weighted by molar-refractivity contribution is 7.39. The van der Waals surface area contributed by atoms with Crippen molar-refractivity contribution in [2.75, 3.05) is 13.1 Å². The summed E-state index contributed by atoms with van der Waals surface area (Å²) in [6, 6.07) is 4.31. The van der Waals surface area contributed by atoms with Crippen molar-refractivity contribution >= 4 is 38.0 Å². The van der Waals surface area contributed by atoms with E-state index in [2.05, 4.69) is 26.0 Å². The van der Waals surface area contributed by atoms with Gasteiger partial charge in [0.05, 0.1) is 8.89 Å². The lowest BCUT2D eigenvalue weighted by molar-refractivity contribution is 0.0702. The molecule has 0 atom stereocenters. The summed E-state index contributed by atoms with van der Waals surface area (Å²) in [5.74, 6) is 1.00. The van der Waals surface area contributed by atoms with Gasteiger partial charge in [-0.2, -0.15) is 0 Å². The average molecular weight is 293 g/mol. The number of aryl methyl sites for hydroxylation is 1. The number of hydrogen-bond donors (Lipinski definition) is 0. The number of thiophene rings is 2. The normalized spacial score (nSPS) is 17.3. The average Bonchev–Trinajstić information content (AvgIpc) is 2.96. The third kappa shape index (κ3) is 2.56. The summed E-state index contributed by atoms with van der Waals surface area (Å²) in [6.45, 7) is 6.29. The third-order valence-electron chi connectivity index (χ3n) is 3.90. The van der Waals surface area contributed by atoms with Crippen LogP contribution < -0.4 is 0 Å². The van der Waals surface area contributed by atoms with Gasteiger partial charge in [-0.15, -0.1) is 22.7 Å². The lowest BCUT2D eigenvalue weighted by Crippen LogP contribution is -2.37. The molecule has 0 aliphatic carbocycles. The van der Waals surface area contributed by atoms with Gasteiger partial charge in [0.15, 0.2) is 0 Å². The topological polar surface area (TPSA) is 20.3 Å². The Morgan fingerprint density at radius 2 is 2.05 bits per heavy atom. The Labute approximate surface area is 122 Å². The van der Waals surface area contributed by atoms with Crippen molar-refractivity contribution in [1.29, 1.82) is 0 Å². The van der Waals surface area contributed by atoms with E-state index in [1.165, 1.54) is 14.3 Å². The molecule has 0 spiro atoms. The molecular formula is C15H19NOS2. The summed E-state index contributed by atoms with van der Waals surface area (Å²) >= 11 is 3.49. The molecular weight excluding hydrogens is 274 g/mol. The number of rotatable bonds is 2. The molecule has 0 N–H and O–H groups in total. The van der Waals surface area contributed by atoms with E-state index in [0.717, 1.165) is 43.1 Å². The van der Waals surface area contributed by atoms with Crippen LogP contribution in [0.4, 0.5) is 0 Å². The zero-order chi connectivity index (χ0) is 13.4. The fraction of sp³-hybridized carbons (Fsp3) is 0.533. The molecule has 3 heterocycles. The number of likely N-dealkylation sites (tertiary alicyclic amines) is 1. The number of carbonyl (C=O) groups excluding carboxylic acids is 1. The van der Waals surface area contributed by atoms with Gasteiger partial charge in [-0.3, -0.25) is 4.79 Å². The van der Waals surface area contributed by atoms with Crippen LogP contribution in [0, 0.1) is 5.92 Å². The number of nitrogens with zero attached hydrogens (tertiary/aromatic N) is 1. The fourth-order valence-electron chi connectivity index (χ4n) is 2.54. The van der Waals surface area contributed by atoms with E-state index in [9.17, 15) is 4.79 Å². The second kappa shape index (κ2) is 5.25. The van der Waals surface area contributed by atoms with Gasteiger partial charge in [0.25, 0.3) is 5.91 Å². The van der Waals surface area contributed by atoms with Crippen LogP contribution in [0.5, 0.6) is 0 Å². The lowest BCUT2D eigenvalue weighted by Gasteiger charge is -2.29. The Morgan fingerprint density at radius 3 is 2.68 bits per heavy atom. The van der Waals surface area contributed by atoms with Gasteiger partial charge in [-0.05, 0) is 37.3 Å². The molecule has 0 bridgehead atoms. The minimum atomic E-state index is 0.235. The van der Waals surface area contributed by atoms with Crippen molar-refractivity contribution in [2.45, 2.75) is 33.1 Å². The monoisotopic (exact) mass is 293 g/mol. The molecule has 0 radical (unpaired) electrons. The fourth-order valence-corrected chi connectivity index (χ4v) is 4.94. The molecule has 0 saturated carbocycles. The molecule has 1 saturated heterocycles. The van der Waals surface area contributed by atoms with E-state index in [1.54, 1.807) is 11.3 Å². The predicted molar refractivity (Wildman–Crippen MR) is 83.4 cm³/mol. The van der Waals surface area contributed by atoms with Crippen molar-refractivity contribution < 1.29 is 4.79 Å². The van der Waals surface area contributed by atoms with Gasteiger partial charge in [-0.25, -0.2) is 0 Å². The molecule has 1 aliphatic rings. The lowest BCUT2D eigenvalue weighted by atomic mass is 9.99. The summed E-state index contributed by atoms with van der Waals surface area (Å²) in [5, 5.41) is 1.25. The second-order valence-corrected chi connectivity index (χ2v) is 7.84. The summed E-state index contributed by atoms with van der Waals surface area (Å²) in [6.07, 6.45) is 3.37. The van der Waals surface area contributed by atoms with Crippen LogP contribution in [0.2, 0.25) is 0 Å². The maximum absolute atomic E-state index is 12.5. The highest BCUT2D eigenvalue weighted by Gasteiger charge is 2.23. The Kier molecular flexibility index (Phi) is 3.63. The third-order valence-corrected chi connectivity index (χ3v) is 6.42. The largest absolute Gasteiger partial charge is 0.338 e. The SMILES string of the molecule is CCc1cc2cc(C(=O)N3CCC(C)CC3)sc2s1. The maximum Gasteiger partial charge on any atom is 0.263 e. The molecule has 19 heavy (non-hydrogen) atoms. The van der Waals surface area contributed by atoms with Crippen molar-refractivity contribution in [3.8, 4) is 0 Å². The van der Waals surface area contributed by atoms with Gasteiger partial charge < -0.3 is 4.90 Å². The number of fused-ring (bicyclic) bond motifs is 1. The van der Waals surface area contributed by atoms with Gasteiger partial charge in [0, 0.05) is 23.4 Å². The smallest absolute Gasteiger partial charge is 0.263 e. The van der Waals surface area contributed by atoms with E-state index in [1.807, 2.05) is 16.2 Å². The molecule has 4 heteroatoms. The molecule has 0 aromatic carbocycles. The quantitative estimate of drug-likeness (QED) is 0.804. The minimum absolute atomic E-state index is 0.235. The maximum atomic E-state index is 12.5. The van der Waals surface area contributed by atoms with Crippen LogP contribution in [-0.2, 0) is 6.42 Å². The summed E-state index contributed by atoms with van der Waals surface area (Å²) < 4.78 is 1.30. The summed E-state index contributed by atoms with van der Waals surface area (Å²) in [5.41, 5.74) is 0. The number of carbonyl (C=O) groups is 1. The molecule has 1 amide bonds. The van der Waals surface area contributed by atoms with Gasteiger partial charge in [-0.1, -0.05) is 13.8 Å². The van der Waals surface area contributed by atoms with Crippen molar-refractivity contribution in [2.24, 2.45) is 5.92 Å². The molecule has 0 unspecified atom stereocenters. The molecule has 2 aromatic rings. The summed E-state index contributed by atoms with van der Waals surface area (Å²) in [4.78, 5) is 16.8. The van der Waals surface area contributed by atoms with Gasteiger partial charge in [0.2, 0.25) is 0 Å². The molecule has 1 aliphatic heterocycles. The Bertz CT molecular complexity index is 559. The number of amides is 1. The predicted octanol–water partition coefficient (Wildman–Crippen LogP) is 4.40. The Morgan fingerprint density at radius 1 is 1.32 bits per heavy atom. The van der Waals surface area contributed by atoms with E-state index in [-0.39, 0.29) is 5.91 Å². The molecule has 2 aromatic heterocycles. The van der Waals surface area contributed by atoms with E-state index in [4.69, 9.17) is 0 Å². The number of piperidine rings is 1. The zero-order valence-electron chi connectivity index (χ0n) is 11.4. The highest BCUT2D eigenvalue weighted by Crippen LogP contribution is 2.34. The Hall–Kier alpha value is -0.870. The van der Waals surface area contributed by atoms with Crippen molar-refractivity contribution in [1.82, 2.24) is 4.90 Å². The first-order chi connectivity index (χ1) is 9.17. The first-order valence-electron chi connectivity index (χ1n) is 6.99. The van der Waals surface area contributed by atoms with E-state index >= 15 is 0 Å². The molecule has 2 nitrogen and oxygen atoms in total. The van der Waals surface area contributed by atoms with Gasteiger partial charge in [0.1, 0.15) is 0 Å². The van der Waals surface area contributed by atoms with Crippen LogP contribution in [-0.4, -0.2) is 23.9 Å². The first kappa shape index (κ1) is 13.1. The van der Waals surface area contributed by atoms with Crippen LogP contribution in [0.1, 0.15) is 41.2 Å². The zero-order valence-corrected chi connectivity index (χ0v) is 13.1.